The van der Waals surface area contributed by atoms with Gasteiger partial charge in [0.15, 0.2) is 12.7 Å². The molecule has 0 fully saturated rings. The van der Waals surface area contributed by atoms with Gasteiger partial charge in [0.05, 0.1) is 5.39 Å². The number of aryl methyl sites for hydroxylation is 1. The number of anilines is 2. The summed E-state index contributed by atoms with van der Waals surface area (Å²) in [7, 11) is 0. The van der Waals surface area contributed by atoms with Crippen molar-refractivity contribution in [1.29, 1.82) is 0 Å². The summed E-state index contributed by atoms with van der Waals surface area (Å²) in [4.78, 5) is 12.5. The molecule has 2 N–H and O–H groups in total. The molecule has 0 bridgehead atoms. The largest absolute Gasteiger partial charge is 1.00 e. The third-order valence-electron chi connectivity index (χ3n) is 5.32. The Kier molecular flexibility index (Phi) is 6.53. The zero-order valence-electron chi connectivity index (χ0n) is 17.4. The Balaban J connectivity index is 0.00000245. The van der Waals surface area contributed by atoms with Crippen molar-refractivity contribution < 1.29 is 21.5 Å². The lowest BCUT2D eigenvalue weighted by atomic mass is 10.1. The zero-order chi connectivity index (χ0) is 21.2. The van der Waals surface area contributed by atoms with Gasteiger partial charge in [-0.3, -0.25) is 0 Å². The van der Waals surface area contributed by atoms with Crippen molar-refractivity contribution >= 4 is 34.1 Å². The van der Waals surface area contributed by atoms with Crippen LogP contribution in [0, 0.1) is 6.92 Å². The van der Waals surface area contributed by atoms with Gasteiger partial charge in [0, 0.05) is 28.4 Å². The summed E-state index contributed by atoms with van der Waals surface area (Å²) in [6, 6.07) is 24.3. The van der Waals surface area contributed by atoms with Crippen LogP contribution in [0.5, 0.6) is 0 Å². The van der Waals surface area contributed by atoms with Gasteiger partial charge in [0.1, 0.15) is 23.5 Å². The van der Waals surface area contributed by atoms with Crippen LogP contribution in [0.1, 0.15) is 11.1 Å². The topological polar surface area (TPSA) is 57.5 Å². The average molecular weight is 507 g/mol. The highest BCUT2D eigenvalue weighted by Crippen LogP contribution is 2.32. The van der Waals surface area contributed by atoms with E-state index in [2.05, 4.69) is 80.4 Å². The molecule has 0 aliphatic heterocycles. The molecule has 7 heteroatoms. The molecule has 0 aliphatic rings. The van der Waals surface area contributed by atoms with Crippen LogP contribution in [-0.4, -0.2) is 15.0 Å². The number of aromatic amines is 1. The molecule has 0 saturated carbocycles. The first-order valence-electron chi connectivity index (χ1n) is 10.1. The minimum absolute atomic E-state index is 0. The van der Waals surface area contributed by atoms with Gasteiger partial charge in [-0.05, 0) is 36.8 Å². The highest BCUT2D eigenvalue weighted by atomic mass is 79.9. The van der Waals surface area contributed by atoms with Gasteiger partial charge in [-0.25, -0.2) is 9.97 Å². The highest BCUT2D eigenvalue weighted by Gasteiger charge is 2.21. The van der Waals surface area contributed by atoms with Crippen molar-refractivity contribution in [3.8, 4) is 11.4 Å². The summed E-state index contributed by atoms with van der Waals surface area (Å²) >= 11 is 6.15. The number of nitrogens with one attached hydrogen (secondary N) is 2. The predicted molar refractivity (Wildman–Crippen MR) is 125 cm³/mol. The number of hydrogen-bond acceptors (Lipinski definition) is 3. The standard InChI is InChI=1S/C25H20ClN5.BrH/c1-17-22-24(29-20-11-7-10-19(26)14-20)27-16-28-25(22)30-23(17)21-12-5-6-13-31(21)15-18-8-3-2-4-9-18;/h2-14,16H,15H2,1H3,(H,27,28,29,30);1H. The molecule has 2 aromatic carbocycles. The lowest BCUT2D eigenvalue weighted by molar-refractivity contribution is -0.677. The van der Waals surface area contributed by atoms with Gasteiger partial charge in [0.2, 0.25) is 5.69 Å². The summed E-state index contributed by atoms with van der Waals surface area (Å²) in [5.41, 5.74) is 6.14. The number of nitrogens with zero attached hydrogens (tertiary/aromatic N) is 3. The van der Waals surface area contributed by atoms with Gasteiger partial charge >= 0.3 is 0 Å². The first-order valence-corrected chi connectivity index (χ1v) is 10.5. The molecular weight excluding hydrogens is 486 g/mol. The molecule has 0 amide bonds. The maximum Gasteiger partial charge on any atom is 0.229 e. The summed E-state index contributed by atoms with van der Waals surface area (Å²) in [5, 5.41) is 5.02. The number of fused-ring (bicyclic) bond motifs is 1. The van der Waals surface area contributed by atoms with Crippen molar-refractivity contribution in [1.82, 2.24) is 15.0 Å². The quantitative estimate of drug-likeness (QED) is 0.361. The summed E-state index contributed by atoms with van der Waals surface area (Å²) < 4.78 is 2.24. The molecule has 0 atom stereocenters. The van der Waals surface area contributed by atoms with Gasteiger partial charge in [0.25, 0.3) is 0 Å². The summed E-state index contributed by atoms with van der Waals surface area (Å²) in [6.45, 7) is 2.88. The lowest BCUT2D eigenvalue weighted by Gasteiger charge is -2.07. The first-order chi connectivity index (χ1) is 15.2. The van der Waals surface area contributed by atoms with E-state index in [9.17, 15) is 0 Å². The number of aromatic nitrogens is 4. The molecule has 160 valence electrons. The lowest BCUT2D eigenvalue weighted by Crippen LogP contribution is -3.00. The van der Waals surface area contributed by atoms with Gasteiger partial charge in [-0.15, -0.1) is 0 Å². The number of benzene rings is 2. The molecule has 5 aromatic rings. The van der Waals surface area contributed by atoms with E-state index >= 15 is 0 Å². The Labute approximate surface area is 201 Å². The molecule has 5 rings (SSSR count). The van der Waals surface area contributed by atoms with Crippen LogP contribution in [0.3, 0.4) is 0 Å². The number of pyridine rings is 1. The van der Waals surface area contributed by atoms with Gasteiger partial charge in [-0.2, -0.15) is 4.57 Å². The van der Waals surface area contributed by atoms with Crippen molar-refractivity contribution in [2.24, 2.45) is 0 Å². The monoisotopic (exact) mass is 505 g/mol. The van der Waals surface area contributed by atoms with E-state index in [1.807, 2.05) is 30.3 Å². The van der Waals surface area contributed by atoms with Crippen LogP contribution in [0.2, 0.25) is 5.02 Å². The number of halogens is 2. The third kappa shape index (κ3) is 4.38. The highest BCUT2D eigenvalue weighted by molar-refractivity contribution is 6.30. The van der Waals surface area contributed by atoms with E-state index < -0.39 is 0 Å². The fraction of sp³-hybridized carbons (Fsp3) is 0.0800. The van der Waals surface area contributed by atoms with E-state index in [1.54, 1.807) is 6.33 Å². The fourth-order valence-electron chi connectivity index (χ4n) is 3.85. The molecule has 3 aromatic heterocycles. The minimum atomic E-state index is 0. The van der Waals surface area contributed by atoms with Gasteiger partial charge < -0.3 is 27.3 Å². The maximum absolute atomic E-state index is 6.15. The Morgan fingerprint density at radius 2 is 1.78 bits per heavy atom. The van der Waals surface area contributed by atoms with Crippen LogP contribution in [0.4, 0.5) is 11.5 Å². The van der Waals surface area contributed by atoms with E-state index in [-0.39, 0.29) is 17.0 Å². The molecular formula is C25H21BrClN5. The molecule has 3 heterocycles. The fourth-order valence-corrected chi connectivity index (χ4v) is 4.04. The Bertz CT molecular complexity index is 1370. The van der Waals surface area contributed by atoms with Crippen molar-refractivity contribution in [2.45, 2.75) is 13.5 Å². The molecule has 0 radical (unpaired) electrons. The van der Waals surface area contributed by atoms with Crippen molar-refractivity contribution in [3.05, 3.63) is 101 Å². The Morgan fingerprint density at radius 1 is 0.969 bits per heavy atom. The summed E-state index contributed by atoms with van der Waals surface area (Å²) in [5.74, 6) is 0.748. The van der Waals surface area contributed by atoms with Crippen LogP contribution in [0.25, 0.3) is 22.4 Å². The molecule has 0 saturated heterocycles. The third-order valence-corrected chi connectivity index (χ3v) is 5.56. The van der Waals surface area contributed by atoms with E-state index in [0.29, 0.717) is 5.02 Å². The average Bonchev–Trinajstić information content (AvgIpc) is 3.12. The molecule has 0 unspecified atom stereocenters. The van der Waals surface area contributed by atoms with E-state index in [4.69, 9.17) is 11.6 Å². The second-order valence-corrected chi connectivity index (χ2v) is 7.84. The molecule has 0 aliphatic carbocycles. The second-order valence-electron chi connectivity index (χ2n) is 7.41. The molecule has 32 heavy (non-hydrogen) atoms. The SMILES string of the molecule is Cc1c(-c2cccc[n+]2Cc2ccccc2)[nH]c2ncnc(Nc3cccc(Cl)c3)c12.[Br-]. The normalized spacial score (nSPS) is 10.7. The molecule has 5 nitrogen and oxygen atoms in total. The summed E-state index contributed by atoms with van der Waals surface area (Å²) in [6.07, 6.45) is 3.67. The van der Waals surface area contributed by atoms with Crippen LogP contribution in [0.15, 0.2) is 85.3 Å². The minimum Gasteiger partial charge on any atom is -1.00 e. The first kappa shape index (κ1) is 22.0. The van der Waals surface area contributed by atoms with E-state index in [1.165, 1.54) is 5.56 Å². The Hall–Kier alpha value is -3.22. The second kappa shape index (κ2) is 9.51. The van der Waals surface area contributed by atoms with Gasteiger partial charge in [-0.1, -0.05) is 48.0 Å². The Morgan fingerprint density at radius 3 is 2.59 bits per heavy atom. The van der Waals surface area contributed by atoms with Crippen molar-refractivity contribution in [3.63, 3.8) is 0 Å². The number of rotatable bonds is 5. The smallest absolute Gasteiger partial charge is 0.229 e. The predicted octanol–water partition coefficient (Wildman–Crippen LogP) is 2.67. The van der Waals surface area contributed by atoms with Crippen LogP contribution < -0.4 is 26.9 Å². The van der Waals surface area contributed by atoms with E-state index in [0.717, 1.165) is 46.0 Å². The maximum atomic E-state index is 6.15. The zero-order valence-corrected chi connectivity index (χ0v) is 19.7. The van der Waals surface area contributed by atoms with Crippen LogP contribution >= 0.6 is 11.6 Å². The van der Waals surface area contributed by atoms with Crippen LogP contribution in [-0.2, 0) is 6.54 Å². The number of H-pyrrole nitrogens is 1. The number of hydrogen-bond donors (Lipinski definition) is 2. The van der Waals surface area contributed by atoms with Crippen molar-refractivity contribution in [2.75, 3.05) is 5.32 Å². The molecule has 0 spiro atoms.